The summed E-state index contributed by atoms with van der Waals surface area (Å²) in [7, 11) is 0. The SMILES string of the molecule is CC1Cc2ccc3c(C4=CC([Si](I)I)=C5C=CC=CC5C4)nccc3c2C(F)C1. The lowest BCUT2D eigenvalue weighted by atomic mass is 9.79. The van der Waals surface area contributed by atoms with Crippen molar-refractivity contribution >= 4 is 63.7 Å². The quantitative estimate of drug-likeness (QED) is 0.191. The van der Waals surface area contributed by atoms with Crippen molar-refractivity contribution in [2.75, 3.05) is 0 Å². The van der Waals surface area contributed by atoms with Gasteiger partial charge in [-0.25, -0.2) is 4.39 Å². The molecule has 29 heavy (non-hydrogen) atoms. The summed E-state index contributed by atoms with van der Waals surface area (Å²) in [5, 5.41) is 3.62. The monoisotopic (exact) mass is 624 g/mol. The van der Waals surface area contributed by atoms with Gasteiger partial charge in [0, 0.05) is 17.5 Å². The van der Waals surface area contributed by atoms with Gasteiger partial charge in [-0.05, 0) is 64.1 Å². The molecule has 0 aliphatic heterocycles. The first-order chi connectivity index (χ1) is 14.0. The van der Waals surface area contributed by atoms with Crippen LogP contribution in [0.15, 0.2) is 65.5 Å². The molecule has 0 spiro atoms. The summed E-state index contributed by atoms with van der Waals surface area (Å²) in [5.74, 6) is 0.825. The Kier molecular flexibility index (Phi) is 5.57. The number of fused-ring (bicyclic) bond motifs is 4. The molecule has 3 unspecified atom stereocenters. The third-order valence-corrected chi connectivity index (χ3v) is 10.6. The van der Waals surface area contributed by atoms with Crippen molar-refractivity contribution in [2.24, 2.45) is 11.8 Å². The molecule has 3 aliphatic carbocycles. The van der Waals surface area contributed by atoms with Crippen LogP contribution in [0, 0.1) is 11.8 Å². The fourth-order valence-corrected chi connectivity index (χ4v) is 8.56. The van der Waals surface area contributed by atoms with Gasteiger partial charge in [-0.1, -0.05) is 93.0 Å². The Bertz CT molecular complexity index is 1120. The molecule has 0 bridgehead atoms. The highest BCUT2D eigenvalue weighted by atomic mass is 127. The standard InChI is InChI=1S/C24H21FI2NSi/c1-14-10-16-6-7-20-19(23(16)21(25)11-14)8-9-28-24(20)17-12-15-4-2-3-5-18(15)22(13-17)29(26)27/h2-9,13-15,21H,10-12H2,1H3. The average Bonchev–Trinajstić information content (AvgIpc) is 2.71. The number of allylic oxidation sites excluding steroid dienone is 8. The van der Waals surface area contributed by atoms with Gasteiger partial charge in [0.1, 0.15) is 6.17 Å². The maximum Gasteiger partial charge on any atom is 0.238 e. The third-order valence-electron chi connectivity index (χ3n) is 6.28. The van der Waals surface area contributed by atoms with E-state index in [1.165, 1.54) is 21.9 Å². The first-order valence-electron chi connectivity index (χ1n) is 10.1. The maximum atomic E-state index is 15.1. The van der Waals surface area contributed by atoms with E-state index >= 15 is 4.39 Å². The second kappa shape index (κ2) is 8.03. The molecule has 3 aliphatic rings. The van der Waals surface area contributed by atoms with E-state index in [4.69, 9.17) is 4.98 Å². The van der Waals surface area contributed by atoms with Crippen LogP contribution in [0.25, 0.3) is 16.3 Å². The van der Waals surface area contributed by atoms with Gasteiger partial charge >= 0.3 is 0 Å². The summed E-state index contributed by atoms with van der Waals surface area (Å²) in [6, 6.07) is 6.34. The van der Waals surface area contributed by atoms with Crippen LogP contribution in [0.2, 0.25) is 0 Å². The second-order valence-corrected chi connectivity index (χ2v) is 22.0. The molecule has 2 aromatic rings. The fourth-order valence-electron chi connectivity index (χ4n) is 4.99. The molecule has 147 valence electrons. The number of hydrogen-bond donors (Lipinski definition) is 0. The number of benzene rings is 1. The van der Waals surface area contributed by atoms with Gasteiger partial charge < -0.3 is 0 Å². The van der Waals surface area contributed by atoms with E-state index < -0.39 is 9.96 Å². The summed E-state index contributed by atoms with van der Waals surface area (Å²) in [6.45, 7) is 2.15. The number of pyridine rings is 1. The molecule has 1 nitrogen and oxygen atoms in total. The van der Waals surface area contributed by atoms with Crippen LogP contribution >= 0.6 is 43.6 Å². The van der Waals surface area contributed by atoms with E-state index in [1.807, 2.05) is 12.3 Å². The number of rotatable bonds is 2. The van der Waals surface area contributed by atoms with E-state index in [1.54, 1.807) is 0 Å². The molecule has 0 amide bonds. The van der Waals surface area contributed by atoms with Crippen molar-refractivity contribution < 1.29 is 4.39 Å². The van der Waals surface area contributed by atoms with Crippen LogP contribution in [-0.4, -0.2) is 8.77 Å². The Hall–Kier alpha value is -0.803. The topological polar surface area (TPSA) is 12.9 Å². The van der Waals surface area contributed by atoms with Crippen LogP contribution in [-0.2, 0) is 6.42 Å². The summed E-state index contributed by atoms with van der Waals surface area (Å²) in [6.07, 6.45) is 14.8. The summed E-state index contributed by atoms with van der Waals surface area (Å²) < 4.78 is 14.4. The molecule has 1 radical (unpaired) electrons. The minimum absolute atomic E-state index is 0.405. The Labute approximate surface area is 198 Å². The van der Waals surface area contributed by atoms with Gasteiger partial charge in [-0.15, -0.1) is 0 Å². The number of alkyl halides is 1. The van der Waals surface area contributed by atoms with Gasteiger partial charge in [0.05, 0.1) is 5.69 Å². The third kappa shape index (κ3) is 3.61. The molecule has 1 aromatic heterocycles. The molecule has 3 atom stereocenters. The predicted octanol–water partition coefficient (Wildman–Crippen LogP) is 7.55. The Morgan fingerprint density at radius 2 is 1.97 bits per heavy atom. The zero-order valence-electron chi connectivity index (χ0n) is 16.1. The van der Waals surface area contributed by atoms with Crippen LogP contribution in [0.3, 0.4) is 0 Å². The molecule has 5 heteroatoms. The van der Waals surface area contributed by atoms with Crippen molar-refractivity contribution in [3.63, 3.8) is 0 Å². The largest absolute Gasteiger partial charge is 0.256 e. The highest BCUT2D eigenvalue weighted by Gasteiger charge is 2.29. The van der Waals surface area contributed by atoms with Crippen LogP contribution < -0.4 is 0 Å². The molecule has 0 saturated heterocycles. The summed E-state index contributed by atoms with van der Waals surface area (Å²) >= 11 is 5.18. The minimum Gasteiger partial charge on any atom is -0.256 e. The Balaban J connectivity index is 1.68. The van der Waals surface area contributed by atoms with E-state index in [0.29, 0.717) is 18.3 Å². The number of aromatic nitrogens is 1. The van der Waals surface area contributed by atoms with E-state index in [0.717, 1.165) is 34.9 Å². The highest BCUT2D eigenvalue weighted by molar-refractivity contribution is 14.3. The Morgan fingerprint density at radius 3 is 2.79 bits per heavy atom. The van der Waals surface area contributed by atoms with Crippen LogP contribution in [0.1, 0.15) is 42.8 Å². The number of hydrogen-bond acceptors (Lipinski definition) is 1. The minimum atomic E-state index is -0.875. The van der Waals surface area contributed by atoms with Gasteiger partial charge in [-0.3, -0.25) is 4.98 Å². The zero-order chi connectivity index (χ0) is 20.1. The van der Waals surface area contributed by atoms with Crippen LogP contribution in [0.4, 0.5) is 4.39 Å². The van der Waals surface area contributed by atoms with Crippen LogP contribution in [0.5, 0.6) is 0 Å². The van der Waals surface area contributed by atoms with Gasteiger partial charge in [0.2, 0.25) is 3.79 Å². The molecule has 0 saturated carbocycles. The second-order valence-electron chi connectivity index (χ2n) is 8.26. The van der Waals surface area contributed by atoms with E-state index in [2.05, 4.69) is 93.0 Å². The Morgan fingerprint density at radius 1 is 1.10 bits per heavy atom. The van der Waals surface area contributed by atoms with Crippen molar-refractivity contribution in [1.82, 2.24) is 4.98 Å². The first kappa shape index (κ1) is 20.1. The maximum absolute atomic E-state index is 15.1. The van der Waals surface area contributed by atoms with Gasteiger partial charge in [0.25, 0.3) is 0 Å². The molecular weight excluding hydrogens is 603 g/mol. The highest BCUT2D eigenvalue weighted by Crippen LogP contribution is 2.44. The molecule has 0 N–H and O–H groups in total. The molecule has 1 aromatic carbocycles. The molecule has 1 heterocycles. The normalized spacial score (nSPS) is 26.0. The predicted molar refractivity (Wildman–Crippen MR) is 138 cm³/mol. The van der Waals surface area contributed by atoms with E-state index in [9.17, 15) is 0 Å². The number of halogens is 3. The van der Waals surface area contributed by atoms with Crippen molar-refractivity contribution in [3.05, 3.63) is 82.4 Å². The first-order valence-corrected chi connectivity index (χ1v) is 17.8. The smallest absolute Gasteiger partial charge is 0.238 e. The summed E-state index contributed by atoms with van der Waals surface area (Å²) in [5.41, 5.74) is 5.86. The van der Waals surface area contributed by atoms with E-state index in [-0.39, 0.29) is 0 Å². The molecule has 0 fully saturated rings. The lowest BCUT2D eigenvalue weighted by molar-refractivity contribution is 0.264. The lowest BCUT2D eigenvalue weighted by Crippen LogP contribution is -2.16. The van der Waals surface area contributed by atoms with Crippen molar-refractivity contribution in [2.45, 2.75) is 32.4 Å². The lowest BCUT2D eigenvalue weighted by Gasteiger charge is -2.29. The van der Waals surface area contributed by atoms with Gasteiger partial charge in [0.15, 0.2) is 0 Å². The fraction of sp³-hybridized carbons (Fsp3) is 0.292. The van der Waals surface area contributed by atoms with Crippen molar-refractivity contribution in [1.29, 1.82) is 0 Å². The van der Waals surface area contributed by atoms with Crippen molar-refractivity contribution in [3.8, 4) is 0 Å². The molecular formula is C24H21FI2NSi. The average molecular weight is 624 g/mol. The van der Waals surface area contributed by atoms with Gasteiger partial charge in [-0.2, -0.15) is 0 Å². The number of nitrogens with zero attached hydrogens (tertiary/aromatic N) is 1. The zero-order valence-corrected chi connectivity index (χ0v) is 21.4. The summed E-state index contributed by atoms with van der Waals surface area (Å²) in [4.78, 5) is 4.80. The molecule has 5 rings (SSSR count).